The lowest BCUT2D eigenvalue weighted by molar-refractivity contribution is -0.135. The summed E-state index contributed by atoms with van der Waals surface area (Å²) in [5, 5.41) is 13.9. The van der Waals surface area contributed by atoms with E-state index in [4.69, 9.17) is 4.74 Å². The molecule has 1 amide bonds. The third kappa shape index (κ3) is 4.19. The van der Waals surface area contributed by atoms with Crippen LogP contribution >= 0.6 is 0 Å². The molecule has 4 atom stereocenters. The lowest BCUT2D eigenvalue weighted by Gasteiger charge is -2.39. The highest BCUT2D eigenvalue weighted by Gasteiger charge is 2.43. The molecule has 2 fully saturated rings. The quantitative estimate of drug-likeness (QED) is 0.864. The van der Waals surface area contributed by atoms with Gasteiger partial charge in [0.2, 0.25) is 5.91 Å². The van der Waals surface area contributed by atoms with Crippen molar-refractivity contribution in [2.75, 3.05) is 26.7 Å². The van der Waals surface area contributed by atoms with E-state index >= 15 is 0 Å². The minimum atomic E-state index is -0.872. The molecular weight excluding hydrogens is 323 g/mol. The van der Waals surface area contributed by atoms with Gasteiger partial charge in [-0.05, 0) is 44.5 Å². The summed E-state index contributed by atoms with van der Waals surface area (Å²) in [6, 6.07) is 6.06. The third-order valence-corrected chi connectivity index (χ3v) is 5.51. The molecule has 0 aromatic heterocycles. The topological polar surface area (TPSA) is 61.8 Å². The highest BCUT2D eigenvalue weighted by Crippen LogP contribution is 2.33. The van der Waals surface area contributed by atoms with E-state index in [1.165, 1.54) is 12.1 Å². The van der Waals surface area contributed by atoms with Crippen LogP contribution in [0.3, 0.4) is 0 Å². The SMILES string of the molecule is CN[C@@H]1CO[C@@H]2CCN(C(=O)Cc3cccc(F)c3)C[C@@H]2C[C@@]1(C)O. The lowest BCUT2D eigenvalue weighted by atomic mass is 9.82. The Labute approximate surface area is 148 Å². The fourth-order valence-electron chi connectivity index (χ4n) is 4.05. The van der Waals surface area contributed by atoms with E-state index in [1.54, 1.807) is 12.1 Å². The van der Waals surface area contributed by atoms with Crippen LogP contribution in [0.2, 0.25) is 0 Å². The number of hydrogen-bond donors (Lipinski definition) is 2. The van der Waals surface area contributed by atoms with E-state index in [2.05, 4.69) is 5.32 Å². The van der Waals surface area contributed by atoms with Gasteiger partial charge in [0.15, 0.2) is 0 Å². The molecule has 2 saturated heterocycles. The summed E-state index contributed by atoms with van der Waals surface area (Å²) in [6.45, 7) is 3.52. The Hall–Kier alpha value is -1.50. The first-order valence-corrected chi connectivity index (χ1v) is 8.92. The summed E-state index contributed by atoms with van der Waals surface area (Å²) in [7, 11) is 1.83. The predicted molar refractivity (Wildman–Crippen MR) is 92.6 cm³/mol. The Morgan fingerprint density at radius 3 is 3.04 bits per heavy atom. The number of likely N-dealkylation sites (N-methyl/N-ethyl adjacent to an activating group) is 1. The van der Waals surface area contributed by atoms with Crippen LogP contribution in [0.4, 0.5) is 4.39 Å². The number of aliphatic hydroxyl groups is 1. The monoisotopic (exact) mass is 350 g/mol. The van der Waals surface area contributed by atoms with E-state index in [9.17, 15) is 14.3 Å². The molecular formula is C19H27FN2O3. The van der Waals surface area contributed by atoms with Gasteiger partial charge in [-0.25, -0.2) is 4.39 Å². The number of piperidine rings is 1. The number of fused-ring (bicyclic) bond motifs is 1. The largest absolute Gasteiger partial charge is 0.388 e. The first kappa shape index (κ1) is 18.3. The van der Waals surface area contributed by atoms with E-state index in [0.717, 1.165) is 6.42 Å². The average Bonchev–Trinajstić information content (AvgIpc) is 2.68. The number of hydrogen-bond acceptors (Lipinski definition) is 4. The zero-order valence-corrected chi connectivity index (χ0v) is 14.9. The molecule has 0 saturated carbocycles. The zero-order chi connectivity index (χ0) is 18.0. The van der Waals surface area contributed by atoms with Crippen molar-refractivity contribution < 1.29 is 19.0 Å². The number of rotatable bonds is 3. The Bertz CT molecular complexity index is 622. The Balaban J connectivity index is 1.65. The van der Waals surface area contributed by atoms with Crippen LogP contribution in [0.25, 0.3) is 0 Å². The van der Waals surface area contributed by atoms with E-state index in [1.807, 2.05) is 18.9 Å². The molecule has 0 spiro atoms. The predicted octanol–water partition coefficient (Wildman–Crippen LogP) is 1.34. The number of carbonyl (C=O) groups is 1. The van der Waals surface area contributed by atoms with Crippen LogP contribution in [0.5, 0.6) is 0 Å². The average molecular weight is 350 g/mol. The number of nitrogens with zero attached hydrogens (tertiary/aromatic N) is 1. The molecule has 2 aliphatic rings. The maximum Gasteiger partial charge on any atom is 0.227 e. The molecule has 2 N–H and O–H groups in total. The van der Waals surface area contributed by atoms with Gasteiger partial charge in [0.1, 0.15) is 5.82 Å². The van der Waals surface area contributed by atoms with Crippen molar-refractivity contribution in [3.05, 3.63) is 35.6 Å². The molecule has 2 heterocycles. The molecule has 25 heavy (non-hydrogen) atoms. The first-order valence-electron chi connectivity index (χ1n) is 8.92. The second-order valence-electron chi connectivity index (χ2n) is 7.47. The van der Waals surface area contributed by atoms with Crippen molar-refractivity contribution in [1.82, 2.24) is 10.2 Å². The van der Waals surface area contributed by atoms with Crippen LogP contribution in [-0.2, 0) is 16.0 Å². The Morgan fingerprint density at radius 1 is 1.52 bits per heavy atom. The minimum absolute atomic E-state index is 0.00175. The maximum atomic E-state index is 13.3. The minimum Gasteiger partial charge on any atom is -0.388 e. The van der Waals surface area contributed by atoms with Gasteiger partial charge in [0.25, 0.3) is 0 Å². The van der Waals surface area contributed by atoms with Gasteiger partial charge < -0.3 is 20.1 Å². The van der Waals surface area contributed by atoms with Gasteiger partial charge in [-0.3, -0.25) is 4.79 Å². The second kappa shape index (κ2) is 7.40. The third-order valence-electron chi connectivity index (χ3n) is 5.51. The molecule has 138 valence electrons. The number of amides is 1. The van der Waals surface area contributed by atoms with Crippen LogP contribution in [0.1, 0.15) is 25.3 Å². The number of benzene rings is 1. The van der Waals surface area contributed by atoms with Crippen molar-refractivity contribution in [3.8, 4) is 0 Å². The van der Waals surface area contributed by atoms with Gasteiger partial charge >= 0.3 is 0 Å². The van der Waals surface area contributed by atoms with Gasteiger partial charge in [-0.1, -0.05) is 12.1 Å². The standard InChI is InChI=1S/C19H27FN2O3/c1-19(24)10-14-11-22(7-6-16(14)25-12-17(19)21-2)18(23)9-13-4-3-5-15(20)8-13/h3-5,8,14,16-17,21,24H,6-7,9-12H2,1-2H3/t14-,16+,17+,19+/m0/s1. The van der Waals surface area contributed by atoms with Crippen molar-refractivity contribution in [2.24, 2.45) is 5.92 Å². The fourth-order valence-corrected chi connectivity index (χ4v) is 4.05. The van der Waals surface area contributed by atoms with Crippen molar-refractivity contribution in [3.63, 3.8) is 0 Å². The highest BCUT2D eigenvalue weighted by atomic mass is 19.1. The van der Waals surface area contributed by atoms with Gasteiger partial charge in [-0.15, -0.1) is 0 Å². The van der Waals surface area contributed by atoms with Crippen molar-refractivity contribution >= 4 is 5.91 Å². The van der Waals surface area contributed by atoms with Crippen LogP contribution in [0, 0.1) is 11.7 Å². The van der Waals surface area contributed by atoms with E-state index in [0.29, 0.717) is 31.7 Å². The van der Waals surface area contributed by atoms with Gasteiger partial charge in [-0.2, -0.15) is 0 Å². The van der Waals surface area contributed by atoms with Crippen molar-refractivity contribution in [2.45, 2.75) is 43.9 Å². The molecule has 1 aromatic rings. The maximum absolute atomic E-state index is 13.3. The van der Waals surface area contributed by atoms with Crippen LogP contribution in [0.15, 0.2) is 24.3 Å². The molecule has 0 bridgehead atoms. The smallest absolute Gasteiger partial charge is 0.227 e. The summed E-state index contributed by atoms with van der Waals surface area (Å²) in [5.41, 5.74) is -0.186. The molecule has 3 rings (SSSR count). The normalized spacial score (nSPS) is 32.8. The summed E-state index contributed by atoms with van der Waals surface area (Å²) >= 11 is 0. The number of carbonyl (C=O) groups excluding carboxylic acids is 1. The van der Waals surface area contributed by atoms with Crippen LogP contribution in [-0.4, -0.2) is 60.4 Å². The van der Waals surface area contributed by atoms with Crippen LogP contribution < -0.4 is 5.32 Å². The number of likely N-dealkylation sites (tertiary alicyclic amines) is 1. The highest BCUT2D eigenvalue weighted by molar-refractivity contribution is 5.78. The number of nitrogens with one attached hydrogen (secondary N) is 1. The summed E-state index contributed by atoms with van der Waals surface area (Å²) in [4.78, 5) is 14.4. The van der Waals surface area contributed by atoms with E-state index < -0.39 is 5.60 Å². The van der Waals surface area contributed by atoms with Crippen molar-refractivity contribution in [1.29, 1.82) is 0 Å². The first-order chi connectivity index (χ1) is 11.9. The summed E-state index contributed by atoms with van der Waals surface area (Å²) < 4.78 is 19.3. The number of ether oxygens (including phenoxy) is 1. The fraction of sp³-hybridized carbons (Fsp3) is 0.632. The Morgan fingerprint density at radius 2 is 2.32 bits per heavy atom. The number of halogens is 1. The second-order valence-corrected chi connectivity index (χ2v) is 7.47. The molecule has 0 aliphatic carbocycles. The van der Waals surface area contributed by atoms with Gasteiger partial charge in [0, 0.05) is 19.0 Å². The molecule has 0 unspecified atom stereocenters. The molecule has 1 aromatic carbocycles. The Kier molecular flexibility index (Phi) is 5.41. The lowest BCUT2D eigenvalue weighted by Crippen LogP contribution is -2.51. The van der Waals surface area contributed by atoms with E-state index in [-0.39, 0.29) is 36.2 Å². The summed E-state index contributed by atoms with van der Waals surface area (Å²) in [6.07, 6.45) is 1.63. The van der Waals surface area contributed by atoms with Gasteiger partial charge in [0.05, 0.1) is 30.8 Å². The summed E-state index contributed by atoms with van der Waals surface area (Å²) in [5.74, 6) is -0.216. The molecule has 5 nitrogen and oxygen atoms in total. The molecule has 6 heteroatoms. The molecule has 0 radical (unpaired) electrons. The molecule has 2 aliphatic heterocycles. The zero-order valence-electron chi connectivity index (χ0n) is 14.9.